The summed E-state index contributed by atoms with van der Waals surface area (Å²) in [5.41, 5.74) is 0.221. The molecule has 10 unspecified atom stereocenters. The fourth-order valence-corrected chi connectivity index (χ4v) is 11.4. The highest BCUT2D eigenvalue weighted by atomic mass is 16.7. The first-order valence-electron chi connectivity index (χ1n) is 23.2. The first-order valence-corrected chi connectivity index (χ1v) is 23.2. The van der Waals surface area contributed by atoms with E-state index in [4.69, 9.17) is 42.6 Å². The maximum atomic E-state index is 14.3. The summed E-state index contributed by atoms with van der Waals surface area (Å²) >= 11 is 0. The Morgan fingerprint density at radius 2 is 1.68 bits per heavy atom. The molecule has 0 amide bonds. The van der Waals surface area contributed by atoms with E-state index in [0.717, 1.165) is 18.4 Å². The molecule has 19 atom stereocenters. The summed E-state index contributed by atoms with van der Waals surface area (Å²) in [5.74, 6) is -2.13. The van der Waals surface area contributed by atoms with Crippen LogP contribution in [0.25, 0.3) is 0 Å². The van der Waals surface area contributed by atoms with Crippen LogP contribution in [-0.4, -0.2) is 135 Å². The van der Waals surface area contributed by atoms with Gasteiger partial charge >= 0.3 is 5.97 Å². The number of hydrogen-bond acceptors (Lipinski definition) is 13. The molecule has 13 nitrogen and oxygen atoms in total. The van der Waals surface area contributed by atoms with E-state index in [-0.39, 0.29) is 73.1 Å². The Morgan fingerprint density at radius 3 is 2.39 bits per heavy atom. The van der Waals surface area contributed by atoms with Crippen LogP contribution in [-0.2, 0) is 47.4 Å². The van der Waals surface area contributed by atoms with Crippen LogP contribution in [0.1, 0.15) is 93.9 Å². The van der Waals surface area contributed by atoms with Gasteiger partial charge in [-0.25, -0.2) is 0 Å². The lowest BCUT2D eigenvalue weighted by atomic mass is 9.71. The Kier molecular flexibility index (Phi) is 15.1. The van der Waals surface area contributed by atoms with E-state index >= 15 is 0 Å². The maximum Gasteiger partial charge on any atom is 0.316 e. The van der Waals surface area contributed by atoms with Crippen molar-refractivity contribution in [1.82, 2.24) is 5.32 Å². The minimum absolute atomic E-state index is 0.00693. The number of aliphatic hydroxyl groups excluding tert-OH is 1. The molecular formula is C49H75NO12. The zero-order valence-corrected chi connectivity index (χ0v) is 38.9. The van der Waals surface area contributed by atoms with E-state index in [1.165, 1.54) is 0 Å². The van der Waals surface area contributed by atoms with Gasteiger partial charge in [0.15, 0.2) is 12.1 Å². The van der Waals surface area contributed by atoms with Crippen molar-refractivity contribution in [2.24, 2.45) is 29.6 Å². The van der Waals surface area contributed by atoms with Gasteiger partial charge in [0.1, 0.15) is 35.9 Å². The molecule has 1 saturated carbocycles. The van der Waals surface area contributed by atoms with Gasteiger partial charge in [-0.2, -0.15) is 0 Å². The summed E-state index contributed by atoms with van der Waals surface area (Å²) in [7, 11) is 5.48. The summed E-state index contributed by atoms with van der Waals surface area (Å²) in [4.78, 5) is 14.3. The second kappa shape index (κ2) is 19.7. The van der Waals surface area contributed by atoms with Gasteiger partial charge in [0.05, 0.1) is 49.3 Å². The van der Waals surface area contributed by atoms with Crippen molar-refractivity contribution in [3.8, 4) is 0 Å². The average molecular weight is 870 g/mol. The van der Waals surface area contributed by atoms with Crippen LogP contribution in [0.5, 0.6) is 0 Å². The van der Waals surface area contributed by atoms with Gasteiger partial charge in [-0.3, -0.25) is 4.79 Å². The third-order valence-corrected chi connectivity index (χ3v) is 14.8. The van der Waals surface area contributed by atoms with E-state index in [2.05, 4.69) is 59.0 Å². The molecule has 0 aromatic carbocycles. The van der Waals surface area contributed by atoms with Crippen molar-refractivity contribution >= 4 is 5.97 Å². The summed E-state index contributed by atoms with van der Waals surface area (Å²) in [5, 5.41) is 27.1. The Labute approximate surface area is 369 Å². The Hall–Kier alpha value is -2.27. The number of methoxy groups -OCH3 is 2. The number of aliphatic hydroxyl groups is 2. The Morgan fingerprint density at radius 1 is 0.919 bits per heavy atom. The molecule has 0 aromatic heterocycles. The molecule has 2 bridgehead atoms. The van der Waals surface area contributed by atoms with Gasteiger partial charge < -0.3 is 58.2 Å². The molecule has 0 radical (unpaired) electrons. The molecule has 2 aliphatic carbocycles. The molecule has 5 heterocycles. The second-order valence-electron chi connectivity index (χ2n) is 19.7. The fraction of sp³-hybridized carbons (Fsp3) is 0.776. The number of rotatable bonds is 8. The molecule has 5 aliphatic heterocycles. The number of esters is 1. The maximum absolute atomic E-state index is 14.3. The number of hydrogen-bond donors (Lipinski definition) is 3. The molecule has 0 aromatic rings. The second-order valence-corrected chi connectivity index (χ2v) is 19.7. The van der Waals surface area contributed by atoms with Crippen molar-refractivity contribution in [1.29, 1.82) is 0 Å². The van der Waals surface area contributed by atoms with E-state index < -0.39 is 54.0 Å². The van der Waals surface area contributed by atoms with E-state index in [1.807, 2.05) is 32.2 Å². The first kappa shape index (κ1) is 47.7. The summed E-state index contributed by atoms with van der Waals surface area (Å²) in [6.07, 6.45) is 12.2. The zero-order chi connectivity index (χ0) is 44.7. The van der Waals surface area contributed by atoms with Gasteiger partial charge in [-0.05, 0) is 75.3 Å². The van der Waals surface area contributed by atoms with Crippen LogP contribution < -0.4 is 5.32 Å². The molecule has 348 valence electrons. The smallest absolute Gasteiger partial charge is 0.316 e. The quantitative estimate of drug-likeness (QED) is 0.197. The van der Waals surface area contributed by atoms with Crippen molar-refractivity contribution in [3.05, 3.63) is 59.3 Å². The molecule has 7 aliphatic rings. The van der Waals surface area contributed by atoms with E-state index in [1.54, 1.807) is 33.3 Å². The fourth-order valence-electron chi connectivity index (χ4n) is 11.4. The number of ether oxygens (including phenoxy) is 9. The summed E-state index contributed by atoms with van der Waals surface area (Å²) < 4.78 is 58.5. The number of carbonyl (C=O) groups excluding carboxylic acids is 1. The van der Waals surface area contributed by atoms with Crippen LogP contribution in [0, 0.1) is 29.6 Å². The highest BCUT2D eigenvalue weighted by Crippen LogP contribution is 2.47. The van der Waals surface area contributed by atoms with Gasteiger partial charge in [-0.1, -0.05) is 71.1 Å². The summed E-state index contributed by atoms with van der Waals surface area (Å²) in [6, 6.07) is 0.267. The molecule has 4 fully saturated rings. The van der Waals surface area contributed by atoms with E-state index in [9.17, 15) is 15.0 Å². The molecule has 13 heteroatoms. The van der Waals surface area contributed by atoms with Gasteiger partial charge in [0.2, 0.25) is 0 Å². The predicted octanol–water partition coefficient (Wildman–Crippen LogP) is 5.88. The zero-order valence-electron chi connectivity index (χ0n) is 38.9. The number of allylic oxidation sites excluding steroid dienone is 2. The van der Waals surface area contributed by atoms with Crippen LogP contribution >= 0.6 is 0 Å². The van der Waals surface area contributed by atoms with Crippen LogP contribution in [0.15, 0.2) is 59.3 Å². The molecule has 62 heavy (non-hydrogen) atoms. The topological polar surface area (TPSA) is 153 Å². The Balaban J connectivity index is 1.17. The molecule has 3 saturated heterocycles. The van der Waals surface area contributed by atoms with Crippen LogP contribution in [0.3, 0.4) is 0 Å². The predicted molar refractivity (Wildman–Crippen MR) is 233 cm³/mol. The molecule has 3 N–H and O–H groups in total. The van der Waals surface area contributed by atoms with Gasteiger partial charge in [0, 0.05) is 57.8 Å². The lowest BCUT2D eigenvalue weighted by Gasteiger charge is -2.48. The number of carbonyl (C=O) groups is 1. The normalized spacial score (nSPS) is 48.7. The first-order chi connectivity index (χ1) is 29.5. The Bertz CT molecular complexity index is 1730. The number of fused-ring (bicyclic) bond motifs is 2. The number of nitrogens with one attached hydrogen (secondary N) is 1. The van der Waals surface area contributed by atoms with Gasteiger partial charge in [-0.15, -0.1) is 0 Å². The standard InChI is InChI=1S/C49H75NO12/c1-26(2)43-29(5)17-18-48(62-43)24-36-21-34(61-48)16-15-28(4)44(27(3)13-12-14-33-25-56-46-42(51)31(7)20-37(47(52)59-36)49(33,46)53)60-40-23-39(55-11)45(32(8)57-40)58-35-19-30(6)41(50-9)38(22-35)54-10/h12-15,17-18,20,26-27,29-30,32,34-46,50-51,53H,16,19,21-25H2,1-11H3/b13-12+,28-15+,33-14+/t27-,29-,30?,32?,34+,35?,36-,37?,38?,39?,40?,41?,42+,43+,44-,45?,46?,48+,49+/m0/s1. The lowest BCUT2D eigenvalue weighted by molar-refractivity contribution is -0.299. The third-order valence-electron chi connectivity index (χ3n) is 14.8. The summed E-state index contributed by atoms with van der Waals surface area (Å²) in [6.45, 7) is 16.7. The van der Waals surface area contributed by atoms with Crippen molar-refractivity contribution in [2.45, 2.75) is 185 Å². The highest BCUT2D eigenvalue weighted by Gasteiger charge is 2.60. The lowest BCUT2D eigenvalue weighted by Crippen LogP contribution is -2.58. The SMILES string of the molecule is CNC1C(C)CC(OC2C(C)OC(O[C@@H]3/C(C)=C/C[C@@H]4C[C@@H](C[C@]5(C=C[C@H](C)[C@@H](C(C)C)O5)O4)OC(=O)C4C=C(C)[C@@H](O)C5OC/C(=C\C=C\[C@@H]3C)[C@@]45O)CC2OC)CC1OC. The van der Waals surface area contributed by atoms with E-state index in [0.29, 0.717) is 42.7 Å². The van der Waals surface area contributed by atoms with Crippen molar-refractivity contribution in [3.63, 3.8) is 0 Å². The molecular weight excluding hydrogens is 795 g/mol. The van der Waals surface area contributed by atoms with Gasteiger partial charge in [0.25, 0.3) is 0 Å². The highest BCUT2D eigenvalue weighted by molar-refractivity contribution is 5.78. The van der Waals surface area contributed by atoms with Crippen LogP contribution in [0.2, 0.25) is 0 Å². The van der Waals surface area contributed by atoms with Crippen molar-refractivity contribution < 1.29 is 57.6 Å². The number of likely N-dealkylation sites (N-methyl/N-ethyl adjacent to an activating group) is 1. The molecule has 7 rings (SSSR count). The minimum Gasteiger partial charge on any atom is -0.462 e. The molecule has 1 spiro atoms. The van der Waals surface area contributed by atoms with Crippen LogP contribution in [0.4, 0.5) is 0 Å². The minimum atomic E-state index is -1.82. The average Bonchev–Trinajstić information content (AvgIpc) is 3.57. The third kappa shape index (κ3) is 9.65. The largest absolute Gasteiger partial charge is 0.462 e. The monoisotopic (exact) mass is 870 g/mol. The van der Waals surface area contributed by atoms with Crippen molar-refractivity contribution in [2.75, 3.05) is 27.9 Å².